The molecule has 5 heteroatoms. The Morgan fingerprint density at radius 3 is 2.81 bits per heavy atom. The molecule has 0 spiro atoms. The molecule has 4 aromatic rings. The van der Waals surface area contributed by atoms with Crippen LogP contribution >= 0.6 is 0 Å². The minimum atomic E-state index is 0.502. The van der Waals surface area contributed by atoms with E-state index in [0.29, 0.717) is 5.92 Å². The Morgan fingerprint density at radius 1 is 1.07 bits per heavy atom. The summed E-state index contributed by atoms with van der Waals surface area (Å²) in [6.07, 6.45) is 4.25. The summed E-state index contributed by atoms with van der Waals surface area (Å²) >= 11 is 0. The molecule has 0 aliphatic carbocycles. The number of aromatic nitrogens is 3. The van der Waals surface area contributed by atoms with Gasteiger partial charge in [-0.2, -0.15) is 0 Å². The van der Waals surface area contributed by atoms with E-state index >= 15 is 0 Å². The SMILES string of the molecule is Cc1ccc2ncn(CCN3CCC(c4noc5ccccc45)CC3)c2c1. The fourth-order valence-electron chi connectivity index (χ4n) is 4.22. The predicted molar refractivity (Wildman–Crippen MR) is 107 cm³/mol. The summed E-state index contributed by atoms with van der Waals surface area (Å²) in [4.78, 5) is 7.08. The van der Waals surface area contributed by atoms with Crippen LogP contribution in [0.15, 0.2) is 53.3 Å². The van der Waals surface area contributed by atoms with Crippen molar-refractivity contribution in [3.8, 4) is 0 Å². The van der Waals surface area contributed by atoms with E-state index in [1.54, 1.807) is 0 Å². The summed E-state index contributed by atoms with van der Waals surface area (Å²) in [6.45, 7) is 6.40. The zero-order valence-electron chi connectivity index (χ0n) is 15.6. The second kappa shape index (κ2) is 6.82. The van der Waals surface area contributed by atoms with Gasteiger partial charge in [-0.3, -0.25) is 0 Å². The molecule has 5 nitrogen and oxygen atoms in total. The molecule has 0 amide bonds. The largest absolute Gasteiger partial charge is 0.356 e. The molecular formula is C22H24N4O. The molecule has 0 radical (unpaired) electrons. The fourth-order valence-corrected chi connectivity index (χ4v) is 4.22. The van der Waals surface area contributed by atoms with Crippen LogP contribution in [-0.2, 0) is 6.54 Å². The summed E-state index contributed by atoms with van der Waals surface area (Å²) in [6, 6.07) is 14.6. The molecule has 1 aliphatic heterocycles. The number of aryl methyl sites for hydroxylation is 1. The van der Waals surface area contributed by atoms with Gasteiger partial charge in [0.25, 0.3) is 0 Å². The first-order chi connectivity index (χ1) is 13.3. The van der Waals surface area contributed by atoms with E-state index in [9.17, 15) is 0 Å². The Morgan fingerprint density at radius 2 is 1.93 bits per heavy atom. The number of rotatable bonds is 4. The summed E-state index contributed by atoms with van der Waals surface area (Å²) in [5.74, 6) is 0.502. The molecule has 27 heavy (non-hydrogen) atoms. The molecule has 2 aromatic carbocycles. The molecular weight excluding hydrogens is 336 g/mol. The highest BCUT2D eigenvalue weighted by Gasteiger charge is 2.24. The van der Waals surface area contributed by atoms with Crippen LogP contribution in [-0.4, -0.2) is 39.2 Å². The second-order valence-electron chi connectivity index (χ2n) is 7.61. The standard InChI is InChI=1S/C22H24N4O/c1-16-6-7-19-20(14-16)26(15-23-19)13-12-25-10-8-17(9-11-25)22-18-4-2-3-5-21(18)27-24-22/h2-7,14-15,17H,8-13H2,1H3. The highest BCUT2D eigenvalue weighted by molar-refractivity contribution is 5.79. The number of benzene rings is 2. The number of para-hydroxylation sites is 1. The molecule has 0 atom stereocenters. The lowest BCUT2D eigenvalue weighted by Gasteiger charge is -2.31. The van der Waals surface area contributed by atoms with Gasteiger partial charge in [0.2, 0.25) is 0 Å². The lowest BCUT2D eigenvalue weighted by Crippen LogP contribution is -2.35. The van der Waals surface area contributed by atoms with Gasteiger partial charge in [0, 0.05) is 24.4 Å². The monoisotopic (exact) mass is 360 g/mol. The zero-order chi connectivity index (χ0) is 18.2. The van der Waals surface area contributed by atoms with Gasteiger partial charge in [-0.15, -0.1) is 0 Å². The highest BCUT2D eigenvalue weighted by atomic mass is 16.5. The van der Waals surface area contributed by atoms with E-state index in [-0.39, 0.29) is 0 Å². The molecule has 1 fully saturated rings. The Hall–Kier alpha value is -2.66. The molecule has 0 saturated carbocycles. The molecule has 1 aliphatic rings. The molecule has 5 rings (SSSR count). The van der Waals surface area contributed by atoms with Crippen molar-refractivity contribution in [1.82, 2.24) is 19.6 Å². The number of hydrogen-bond acceptors (Lipinski definition) is 4. The van der Waals surface area contributed by atoms with Crippen molar-refractivity contribution >= 4 is 22.0 Å². The second-order valence-corrected chi connectivity index (χ2v) is 7.61. The zero-order valence-corrected chi connectivity index (χ0v) is 15.6. The third kappa shape index (κ3) is 3.12. The Labute approximate surface area is 158 Å². The molecule has 3 heterocycles. The van der Waals surface area contributed by atoms with Crippen molar-refractivity contribution in [3.05, 3.63) is 60.0 Å². The van der Waals surface area contributed by atoms with Crippen LogP contribution in [0.4, 0.5) is 0 Å². The van der Waals surface area contributed by atoms with E-state index in [1.807, 2.05) is 18.5 Å². The third-order valence-electron chi connectivity index (χ3n) is 5.81. The van der Waals surface area contributed by atoms with Crippen LogP contribution in [0.25, 0.3) is 22.0 Å². The van der Waals surface area contributed by atoms with Crippen molar-refractivity contribution in [2.24, 2.45) is 0 Å². The molecule has 0 bridgehead atoms. The van der Waals surface area contributed by atoms with Gasteiger partial charge in [-0.05, 0) is 62.7 Å². The van der Waals surface area contributed by atoms with Gasteiger partial charge in [0.1, 0.15) is 0 Å². The van der Waals surface area contributed by atoms with E-state index in [2.05, 4.69) is 56.9 Å². The Balaban J connectivity index is 1.22. The minimum Gasteiger partial charge on any atom is -0.356 e. The predicted octanol–water partition coefficient (Wildman–Crippen LogP) is 4.37. The number of imidazole rings is 1. The number of hydrogen-bond donors (Lipinski definition) is 0. The maximum absolute atomic E-state index is 5.50. The first kappa shape index (κ1) is 16.5. The van der Waals surface area contributed by atoms with Crippen LogP contribution in [0.3, 0.4) is 0 Å². The number of nitrogens with zero attached hydrogens (tertiary/aromatic N) is 4. The number of likely N-dealkylation sites (tertiary alicyclic amines) is 1. The third-order valence-corrected chi connectivity index (χ3v) is 5.81. The van der Waals surface area contributed by atoms with Crippen molar-refractivity contribution in [2.45, 2.75) is 32.2 Å². The van der Waals surface area contributed by atoms with Crippen LogP contribution in [0.2, 0.25) is 0 Å². The van der Waals surface area contributed by atoms with Crippen LogP contribution in [0.1, 0.15) is 30.0 Å². The van der Waals surface area contributed by atoms with Crippen molar-refractivity contribution in [3.63, 3.8) is 0 Å². The summed E-state index contributed by atoms with van der Waals surface area (Å²) in [7, 11) is 0. The molecule has 2 aromatic heterocycles. The van der Waals surface area contributed by atoms with Gasteiger partial charge in [-0.1, -0.05) is 23.4 Å². The average Bonchev–Trinajstić information content (AvgIpc) is 3.31. The average molecular weight is 360 g/mol. The van der Waals surface area contributed by atoms with Crippen molar-refractivity contribution < 1.29 is 4.52 Å². The minimum absolute atomic E-state index is 0.502. The fraction of sp³-hybridized carbons (Fsp3) is 0.364. The van der Waals surface area contributed by atoms with Crippen LogP contribution in [0.5, 0.6) is 0 Å². The van der Waals surface area contributed by atoms with Gasteiger partial charge in [0.05, 0.1) is 23.1 Å². The smallest absolute Gasteiger partial charge is 0.167 e. The van der Waals surface area contributed by atoms with Gasteiger partial charge < -0.3 is 14.0 Å². The quantitative estimate of drug-likeness (QED) is 0.542. The van der Waals surface area contributed by atoms with Crippen molar-refractivity contribution in [2.75, 3.05) is 19.6 Å². The number of piperidine rings is 1. The van der Waals surface area contributed by atoms with E-state index in [1.165, 1.54) is 16.5 Å². The Kier molecular flexibility index (Phi) is 4.17. The molecule has 0 unspecified atom stereocenters. The first-order valence-corrected chi connectivity index (χ1v) is 9.76. The summed E-state index contributed by atoms with van der Waals surface area (Å²) < 4.78 is 7.78. The van der Waals surface area contributed by atoms with Gasteiger partial charge in [-0.25, -0.2) is 4.98 Å². The highest BCUT2D eigenvalue weighted by Crippen LogP contribution is 2.32. The van der Waals surface area contributed by atoms with Crippen LogP contribution < -0.4 is 0 Å². The maximum atomic E-state index is 5.50. The van der Waals surface area contributed by atoms with Gasteiger partial charge in [0.15, 0.2) is 5.58 Å². The van der Waals surface area contributed by atoms with E-state index in [0.717, 1.165) is 55.8 Å². The van der Waals surface area contributed by atoms with Crippen molar-refractivity contribution in [1.29, 1.82) is 0 Å². The molecule has 138 valence electrons. The molecule has 0 N–H and O–H groups in total. The topological polar surface area (TPSA) is 47.1 Å². The lowest BCUT2D eigenvalue weighted by atomic mass is 9.91. The lowest BCUT2D eigenvalue weighted by molar-refractivity contribution is 0.203. The summed E-state index contributed by atoms with van der Waals surface area (Å²) in [5.41, 5.74) is 5.64. The maximum Gasteiger partial charge on any atom is 0.167 e. The Bertz CT molecular complexity index is 1070. The molecule has 1 saturated heterocycles. The summed E-state index contributed by atoms with van der Waals surface area (Å²) in [5, 5.41) is 5.54. The normalized spacial score (nSPS) is 16.5. The van der Waals surface area contributed by atoms with E-state index < -0.39 is 0 Å². The number of fused-ring (bicyclic) bond motifs is 2. The van der Waals surface area contributed by atoms with Crippen LogP contribution in [0, 0.1) is 6.92 Å². The van der Waals surface area contributed by atoms with Gasteiger partial charge >= 0.3 is 0 Å². The first-order valence-electron chi connectivity index (χ1n) is 9.76. The van der Waals surface area contributed by atoms with E-state index in [4.69, 9.17) is 4.52 Å².